The van der Waals surface area contributed by atoms with Crippen molar-refractivity contribution in [3.63, 3.8) is 0 Å². The van der Waals surface area contributed by atoms with Gasteiger partial charge >= 0.3 is 0 Å². The topological polar surface area (TPSA) is 4.93 Å². The van der Waals surface area contributed by atoms with E-state index in [0.29, 0.717) is 0 Å². The number of rotatable bonds is 5. The Morgan fingerprint density at radius 2 is 0.985 bits per heavy atom. The Bertz CT molecular complexity index is 4160. The summed E-state index contributed by atoms with van der Waals surface area (Å²) in [5.41, 5.74) is 14.9. The van der Waals surface area contributed by atoms with Crippen LogP contribution in [0.3, 0.4) is 0 Å². The quantitative estimate of drug-likeness (QED) is 0.120. The highest BCUT2D eigenvalue weighted by molar-refractivity contribution is 7.26. The maximum Gasteiger partial charge on any atom is 0.0541 e. The first-order chi connectivity index (χ1) is 33.2. The summed E-state index contributed by atoms with van der Waals surface area (Å²) in [6.07, 6.45) is 8.03. The molecule has 11 aromatic carbocycles. The van der Waals surface area contributed by atoms with E-state index in [4.69, 9.17) is 0 Å². The predicted octanol–water partition coefficient (Wildman–Crippen LogP) is 18.6. The number of fused-ring (bicyclic) bond motifs is 11. The van der Waals surface area contributed by atoms with E-state index >= 15 is 0 Å². The Morgan fingerprint density at radius 3 is 1.75 bits per heavy atom. The van der Waals surface area contributed by atoms with Crippen LogP contribution >= 0.6 is 11.3 Å². The van der Waals surface area contributed by atoms with Crippen LogP contribution in [-0.2, 0) is 0 Å². The number of nitrogens with zero attached hydrogens (tertiary/aromatic N) is 1. The summed E-state index contributed by atoms with van der Waals surface area (Å²) < 4.78 is 5.14. The van der Waals surface area contributed by atoms with Crippen LogP contribution in [0.5, 0.6) is 0 Å². The van der Waals surface area contributed by atoms with E-state index in [0.717, 1.165) is 12.1 Å². The molecule has 0 bridgehead atoms. The zero-order chi connectivity index (χ0) is 44.0. The van der Waals surface area contributed by atoms with Crippen LogP contribution in [0.15, 0.2) is 224 Å². The van der Waals surface area contributed by atoms with Crippen molar-refractivity contribution in [2.45, 2.75) is 6.42 Å². The number of allylic oxidation sites excluding steroid dienone is 2. The molecular formula is C65H41NS. The molecule has 2 heterocycles. The summed E-state index contributed by atoms with van der Waals surface area (Å²) in [7, 11) is 0. The maximum absolute atomic E-state index is 2.48. The molecule has 67 heavy (non-hydrogen) atoms. The number of benzene rings is 11. The third kappa shape index (κ3) is 6.00. The lowest BCUT2D eigenvalue weighted by Crippen LogP contribution is -1.97. The largest absolute Gasteiger partial charge is 0.309 e. The van der Waals surface area contributed by atoms with Crippen molar-refractivity contribution < 1.29 is 0 Å². The van der Waals surface area contributed by atoms with Gasteiger partial charge < -0.3 is 4.57 Å². The van der Waals surface area contributed by atoms with E-state index in [9.17, 15) is 0 Å². The number of hydrogen-bond acceptors (Lipinski definition) is 1. The van der Waals surface area contributed by atoms with E-state index < -0.39 is 0 Å². The molecule has 1 aliphatic carbocycles. The van der Waals surface area contributed by atoms with Gasteiger partial charge in [-0.15, -0.1) is 11.3 Å². The van der Waals surface area contributed by atoms with Crippen molar-refractivity contribution in [3.05, 3.63) is 241 Å². The second-order valence-electron chi connectivity index (χ2n) is 17.9. The van der Waals surface area contributed by atoms with E-state index in [-0.39, 0.29) is 0 Å². The summed E-state index contributed by atoms with van der Waals surface area (Å²) >= 11 is 1.89. The zero-order valence-electron chi connectivity index (χ0n) is 36.6. The molecule has 0 N–H and O–H groups in total. The lowest BCUT2D eigenvalue weighted by atomic mass is 9.86. The standard InChI is InChI=1S/C65H41NS/c1-2-15-42(16-3-1)63-53-20-6-8-22-55(53)64(56-23-9-7-21-54(56)63)43-30-34-48(35-31-43)66-60-26-12-17-44(45-32-36-50-46(38-45)29-28-41-14-4-5-18-49(41)50)39-58(60)59-40-47(33-37-61(59)66)51-24-13-25-57-52-19-10-11-27-62(52)67-65(51)57/h1-16,18-40H,17H2. The minimum absolute atomic E-state index is 0.841. The lowest BCUT2D eigenvalue weighted by molar-refractivity contribution is 1.11. The fraction of sp³-hybridized carbons (Fsp3) is 0.0154. The van der Waals surface area contributed by atoms with E-state index in [2.05, 4.69) is 241 Å². The SMILES string of the molecule is C1=Cc2c(c3cc(-c4cccc5c4sc4ccccc45)ccc3n2-c2ccc(-c3c4ccccc4c(-c4ccccc4)c4ccccc34)cc2)C=C(c2ccc3c(ccc4ccccc43)c2)C1. The van der Waals surface area contributed by atoms with Crippen LogP contribution in [0.1, 0.15) is 23.2 Å². The minimum atomic E-state index is 0.841. The molecule has 1 aliphatic rings. The van der Waals surface area contributed by atoms with Gasteiger partial charge in [0.1, 0.15) is 0 Å². The van der Waals surface area contributed by atoms with Gasteiger partial charge in [0.25, 0.3) is 0 Å². The van der Waals surface area contributed by atoms with Gasteiger partial charge in [0.15, 0.2) is 0 Å². The van der Waals surface area contributed by atoms with Gasteiger partial charge in [-0.3, -0.25) is 0 Å². The molecule has 312 valence electrons. The normalized spacial score (nSPS) is 12.7. The van der Waals surface area contributed by atoms with Gasteiger partial charge in [0, 0.05) is 36.8 Å². The highest BCUT2D eigenvalue weighted by Gasteiger charge is 2.22. The summed E-state index contributed by atoms with van der Waals surface area (Å²) in [6.45, 7) is 0. The summed E-state index contributed by atoms with van der Waals surface area (Å²) in [5, 5.41) is 14.1. The minimum Gasteiger partial charge on any atom is -0.309 e. The second-order valence-corrected chi connectivity index (χ2v) is 19.0. The molecule has 0 unspecified atom stereocenters. The van der Waals surface area contributed by atoms with Crippen molar-refractivity contribution in [1.29, 1.82) is 0 Å². The molecule has 2 aromatic heterocycles. The van der Waals surface area contributed by atoms with Gasteiger partial charge in [0.2, 0.25) is 0 Å². The third-order valence-corrected chi connectivity index (χ3v) is 15.4. The van der Waals surface area contributed by atoms with Crippen molar-refractivity contribution in [2.24, 2.45) is 0 Å². The average Bonchev–Trinajstić information content (AvgIpc) is 3.83. The molecule has 0 spiro atoms. The molecule has 0 saturated heterocycles. The Kier molecular flexibility index (Phi) is 8.59. The first kappa shape index (κ1) is 38.0. The fourth-order valence-corrected chi connectivity index (χ4v) is 12.4. The Balaban J connectivity index is 0.961. The van der Waals surface area contributed by atoms with Crippen LogP contribution in [-0.4, -0.2) is 4.57 Å². The molecule has 0 radical (unpaired) electrons. The molecule has 13 aromatic rings. The summed E-state index contributed by atoms with van der Waals surface area (Å²) in [4.78, 5) is 0. The van der Waals surface area contributed by atoms with Crippen molar-refractivity contribution in [3.8, 4) is 39.1 Å². The van der Waals surface area contributed by atoms with E-state index in [1.165, 1.54) is 130 Å². The monoisotopic (exact) mass is 867 g/mol. The second kappa shape index (κ2) is 15.1. The Labute approximate surface area is 392 Å². The molecule has 0 atom stereocenters. The molecule has 0 fully saturated rings. The van der Waals surface area contributed by atoms with E-state index in [1.807, 2.05) is 11.3 Å². The van der Waals surface area contributed by atoms with Crippen molar-refractivity contribution in [1.82, 2.24) is 4.57 Å². The highest BCUT2D eigenvalue weighted by Crippen LogP contribution is 2.46. The first-order valence-corrected chi connectivity index (χ1v) is 24.0. The average molecular weight is 868 g/mol. The summed E-state index contributed by atoms with van der Waals surface area (Å²) in [6, 6.07) is 81.0. The fourth-order valence-electron chi connectivity index (χ4n) is 11.1. The van der Waals surface area contributed by atoms with Crippen LogP contribution in [0.4, 0.5) is 0 Å². The van der Waals surface area contributed by atoms with Gasteiger partial charge in [-0.1, -0.05) is 188 Å². The van der Waals surface area contributed by atoms with Gasteiger partial charge in [-0.2, -0.15) is 0 Å². The molecule has 1 nitrogen and oxygen atoms in total. The number of hydrogen-bond donors (Lipinski definition) is 0. The molecule has 2 heteroatoms. The van der Waals surface area contributed by atoms with Gasteiger partial charge in [-0.25, -0.2) is 0 Å². The van der Waals surface area contributed by atoms with Crippen LogP contribution in [0, 0.1) is 0 Å². The molecule has 0 saturated carbocycles. The molecule has 0 amide bonds. The van der Waals surface area contributed by atoms with Gasteiger partial charge in [-0.05, 0) is 143 Å². The number of thiophene rings is 1. The Morgan fingerprint density at radius 1 is 0.388 bits per heavy atom. The van der Waals surface area contributed by atoms with Crippen molar-refractivity contribution in [2.75, 3.05) is 0 Å². The lowest BCUT2D eigenvalue weighted by Gasteiger charge is -2.18. The van der Waals surface area contributed by atoms with Crippen LogP contribution in [0.25, 0.3) is 131 Å². The smallest absolute Gasteiger partial charge is 0.0541 e. The summed E-state index contributed by atoms with van der Waals surface area (Å²) in [5.74, 6) is 0. The maximum atomic E-state index is 2.48. The van der Waals surface area contributed by atoms with Gasteiger partial charge in [0.05, 0.1) is 11.2 Å². The van der Waals surface area contributed by atoms with Crippen LogP contribution in [0.2, 0.25) is 0 Å². The molecule has 14 rings (SSSR count). The Hall–Kier alpha value is -8.30. The zero-order valence-corrected chi connectivity index (χ0v) is 37.4. The number of aromatic nitrogens is 1. The van der Waals surface area contributed by atoms with Crippen molar-refractivity contribution >= 4 is 103 Å². The van der Waals surface area contributed by atoms with E-state index in [1.54, 1.807) is 0 Å². The molecule has 0 aliphatic heterocycles. The first-order valence-electron chi connectivity index (χ1n) is 23.2. The van der Waals surface area contributed by atoms with Crippen LogP contribution < -0.4 is 0 Å². The third-order valence-electron chi connectivity index (χ3n) is 14.2. The predicted molar refractivity (Wildman–Crippen MR) is 290 cm³/mol. The molecular weight excluding hydrogens is 827 g/mol. The highest BCUT2D eigenvalue weighted by atomic mass is 32.1.